The van der Waals surface area contributed by atoms with E-state index in [1.807, 2.05) is 20.8 Å². The summed E-state index contributed by atoms with van der Waals surface area (Å²) in [5.41, 5.74) is -0.618. The van der Waals surface area contributed by atoms with Gasteiger partial charge >= 0.3 is 6.09 Å². The summed E-state index contributed by atoms with van der Waals surface area (Å²) in [6, 6.07) is 4.60. The third-order valence-corrected chi connectivity index (χ3v) is 5.21. The molecule has 2 rings (SSSR count). The minimum Gasteiger partial charge on any atom is -0.444 e. The molecule has 1 aromatic rings. The number of amides is 1. The number of hydrogen-bond acceptors (Lipinski definition) is 4. The second-order valence-corrected chi connectivity index (χ2v) is 8.86. The van der Waals surface area contributed by atoms with Crippen molar-refractivity contribution in [3.63, 3.8) is 0 Å². The van der Waals surface area contributed by atoms with Crippen LogP contribution >= 0.6 is 11.3 Å². The average molecular weight is 339 g/mol. The lowest BCUT2D eigenvalue weighted by atomic mass is 9.76. The standard InChI is InChI=1S/C18H30N2O2S/c1-13(2)15(14-8-6-11-23-14)19-12-18(9-7-10-18)20-16(21)22-17(3,4)5/h6,8,11,13,15,19H,7,9-10,12H2,1-5H3,(H,20,21). The monoisotopic (exact) mass is 338 g/mol. The highest BCUT2D eigenvalue weighted by molar-refractivity contribution is 7.10. The number of ether oxygens (including phenoxy) is 1. The Balaban J connectivity index is 1.94. The summed E-state index contributed by atoms with van der Waals surface area (Å²) in [5, 5.41) is 8.89. The minimum absolute atomic E-state index is 0.160. The average Bonchev–Trinajstić information content (AvgIpc) is 2.86. The van der Waals surface area contributed by atoms with E-state index >= 15 is 0 Å². The number of carbonyl (C=O) groups excluding carboxylic acids is 1. The van der Waals surface area contributed by atoms with Gasteiger partial charge in [0.1, 0.15) is 5.60 Å². The lowest BCUT2D eigenvalue weighted by molar-refractivity contribution is 0.0377. The molecular formula is C18H30N2O2S. The number of alkyl carbamates (subject to hydrolysis) is 1. The van der Waals surface area contributed by atoms with E-state index in [0.717, 1.165) is 25.8 Å². The SMILES string of the molecule is CC(C)C(NCC1(NC(=O)OC(C)(C)C)CCC1)c1cccs1. The summed E-state index contributed by atoms with van der Waals surface area (Å²) < 4.78 is 5.42. The zero-order valence-corrected chi connectivity index (χ0v) is 15.8. The van der Waals surface area contributed by atoms with Gasteiger partial charge < -0.3 is 15.4 Å². The van der Waals surface area contributed by atoms with Crippen molar-refractivity contribution in [2.75, 3.05) is 6.54 Å². The van der Waals surface area contributed by atoms with Gasteiger partial charge in [0.05, 0.1) is 5.54 Å². The molecule has 0 radical (unpaired) electrons. The molecule has 1 amide bonds. The number of rotatable bonds is 6. The highest BCUT2D eigenvalue weighted by Crippen LogP contribution is 2.33. The van der Waals surface area contributed by atoms with Gasteiger partial charge in [-0.25, -0.2) is 4.79 Å². The van der Waals surface area contributed by atoms with Gasteiger partial charge in [0.2, 0.25) is 0 Å². The predicted molar refractivity (Wildman–Crippen MR) is 95.9 cm³/mol. The van der Waals surface area contributed by atoms with Gasteiger partial charge in [-0.05, 0) is 57.4 Å². The van der Waals surface area contributed by atoms with Crippen LogP contribution in [0, 0.1) is 5.92 Å². The Hall–Kier alpha value is -1.07. The Bertz CT molecular complexity index is 502. The van der Waals surface area contributed by atoms with Crippen LogP contribution in [-0.2, 0) is 4.74 Å². The van der Waals surface area contributed by atoms with E-state index in [1.165, 1.54) is 4.88 Å². The second kappa shape index (κ2) is 7.22. The quantitative estimate of drug-likeness (QED) is 0.804. The van der Waals surface area contributed by atoms with Crippen molar-refractivity contribution in [1.29, 1.82) is 0 Å². The van der Waals surface area contributed by atoms with E-state index in [4.69, 9.17) is 4.74 Å². The predicted octanol–water partition coefficient (Wildman–Crippen LogP) is 4.48. The number of hydrogen-bond donors (Lipinski definition) is 2. The molecule has 4 nitrogen and oxygen atoms in total. The third kappa shape index (κ3) is 5.21. The molecule has 0 spiro atoms. The van der Waals surface area contributed by atoms with Crippen LogP contribution in [0.4, 0.5) is 4.79 Å². The topological polar surface area (TPSA) is 50.4 Å². The molecule has 0 aliphatic heterocycles. The van der Waals surface area contributed by atoms with Gasteiger partial charge in [0, 0.05) is 17.5 Å². The fraction of sp³-hybridized carbons (Fsp3) is 0.722. The summed E-state index contributed by atoms with van der Waals surface area (Å²) in [6.45, 7) is 10.9. The lowest BCUT2D eigenvalue weighted by Gasteiger charge is -2.44. The van der Waals surface area contributed by atoms with E-state index in [2.05, 4.69) is 42.0 Å². The molecule has 23 heavy (non-hydrogen) atoms. The van der Waals surface area contributed by atoms with Crippen molar-refractivity contribution in [2.24, 2.45) is 5.92 Å². The van der Waals surface area contributed by atoms with Crippen LogP contribution in [0.15, 0.2) is 17.5 Å². The molecule has 0 aromatic carbocycles. The van der Waals surface area contributed by atoms with Crippen LogP contribution in [0.5, 0.6) is 0 Å². The van der Waals surface area contributed by atoms with Crippen molar-refractivity contribution < 1.29 is 9.53 Å². The molecule has 1 aromatic heterocycles. The summed E-state index contributed by atoms with van der Waals surface area (Å²) in [4.78, 5) is 13.5. The minimum atomic E-state index is -0.458. The molecule has 130 valence electrons. The largest absolute Gasteiger partial charge is 0.444 e. The number of carbonyl (C=O) groups is 1. The first-order valence-corrected chi connectivity index (χ1v) is 9.37. The molecule has 1 atom stereocenters. The van der Waals surface area contributed by atoms with E-state index in [9.17, 15) is 4.79 Å². The van der Waals surface area contributed by atoms with Crippen molar-refractivity contribution in [3.05, 3.63) is 22.4 Å². The summed E-state index contributed by atoms with van der Waals surface area (Å²) in [6.07, 6.45) is 2.86. The molecule has 5 heteroatoms. The third-order valence-electron chi connectivity index (χ3n) is 4.25. The second-order valence-electron chi connectivity index (χ2n) is 7.88. The Morgan fingerprint density at radius 2 is 2.09 bits per heavy atom. The maximum atomic E-state index is 12.1. The summed E-state index contributed by atoms with van der Waals surface area (Å²) in [5.74, 6) is 0.507. The maximum absolute atomic E-state index is 12.1. The van der Waals surface area contributed by atoms with Gasteiger partial charge in [0.15, 0.2) is 0 Å². The fourth-order valence-corrected chi connectivity index (χ4v) is 3.88. The Labute approximate surface area is 144 Å². The molecule has 1 saturated carbocycles. The number of thiophene rings is 1. The molecule has 1 aliphatic carbocycles. The van der Waals surface area contributed by atoms with Gasteiger partial charge in [-0.1, -0.05) is 19.9 Å². The summed E-state index contributed by atoms with van der Waals surface area (Å²) >= 11 is 1.78. The van der Waals surface area contributed by atoms with Gasteiger partial charge in [-0.15, -0.1) is 11.3 Å². The molecular weight excluding hydrogens is 308 g/mol. The van der Waals surface area contributed by atoms with Crippen LogP contribution < -0.4 is 10.6 Å². The van der Waals surface area contributed by atoms with Gasteiger partial charge in [-0.2, -0.15) is 0 Å². The molecule has 1 unspecified atom stereocenters. The maximum Gasteiger partial charge on any atom is 0.408 e. The molecule has 0 bridgehead atoms. The van der Waals surface area contributed by atoms with Gasteiger partial charge in [0.25, 0.3) is 0 Å². The van der Waals surface area contributed by atoms with Gasteiger partial charge in [-0.3, -0.25) is 0 Å². The molecule has 2 N–H and O–H groups in total. The Morgan fingerprint density at radius 3 is 2.52 bits per heavy atom. The van der Waals surface area contributed by atoms with Crippen LogP contribution in [-0.4, -0.2) is 23.8 Å². The highest BCUT2D eigenvalue weighted by Gasteiger charge is 2.40. The first kappa shape index (κ1) is 18.3. The molecule has 1 heterocycles. The van der Waals surface area contributed by atoms with E-state index in [-0.39, 0.29) is 11.6 Å². The Morgan fingerprint density at radius 1 is 1.39 bits per heavy atom. The van der Waals surface area contributed by atoms with Crippen molar-refractivity contribution >= 4 is 17.4 Å². The summed E-state index contributed by atoms with van der Waals surface area (Å²) in [7, 11) is 0. The van der Waals surface area contributed by atoms with E-state index < -0.39 is 5.60 Å². The van der Waals surface area contributed by atoms with Crippen LogP contribution in [0.2, 0.25) is 0 Å². The molecule has 0 saturated heterocycles. The normalized spacial score (nSPS) is 18.3. The van der Waals surface area contributed by atoms with Crippen LogP contribution in [0.25, 0.3) is 0 Å². The highest BCUT2D eigenvalue weighted by atomic mass is 32.1. The van der Waals surface area contributed by atoms with Crippen molar-refractivity contribution in [2.45, 2.75) is 71.1 Å². The van der Waals surface area contributed by atoms with Crippen molar-refractivity contribution in [1.82, 2.24) is 10.6 Å². The first-order valence-electron chi connectivity index (χ1n) is 8.49. The first-order chi connectivity index (χ1) is 10.7. The Kier molecular flexibility index (Phi) is 5.74. The number of nitrogens with one attached hydrogen (secondary N) is 2. The molecule has 1 fully saturated rings. The van der Waals surface area contributed by atoms with Crippen LogP contribution in [0.3, 0.4) is 0 Å². The van der Waals surface area contributed by atoms with Crippen LogP contribution in [0.1, 0.15) is 64.8 Å². The van der Waals surface area contributed by atoms with E-state index in [0.29, 0.717) is 12.0 Å². The lowest BCUT2D eigenvalue weighted by Crippen LogP contribution is -2.60. The smallest absolute Gasteiger partial charge is 0.408 e. The zero-order chi connectivity index (χ0) is 17.1. The van der Waals surface area contributed by atoms with Crippen molar-refractivity contribution in [3.8, 4) is 0 Å². The molecule has 1 aliphatic rings. The van der Waals surface area contributed by atoms with E-state index in [1.54, 1.807) is 11.3 Å². The zero-order valence-electron chi connectivity index (χ0n) is 14.9. The fourth-order valence-electron chi connectivity index (χ4n) is 2.91.